The number of nitrogens with zero attached hydrogens (tertiary/aromatic N) is 1. The maximum absolute atomic E-state index is 12.2. The van der Waals surface area contributed by atoms with Crippen molar-refractivity contribution >= 4 is 17.7 Å². The summed E-state index contributed by atoms with van der Waals surface area (Å²) in [7, 11) is 0. The van der Waals surface area contributed by atoms with Crippen molar-refractivity contribution in [1.29, 1.82) is 0 Å². The van der Waals surface area contributed by atoms with Crippen LogP contribution in [-0.2, 0) is 4.74 Å². The monoisotopic (exact) mass is 375 g/mol. The minimum absolute atomic E-state index is 0.0921. The van der Waals surface area contributed by atoms with Gasteiger partial charge in [-0.1, -0.05) is 6.42 Å². The molecule has 0 aromatic heterocycles. The van der Waals surface area contributed by atoms with E-state index in [1.54, 1.807) is 24.3 Å². The molecule has 2 amide bonds. The van der Waals surface area contributed by atoms with E-state index in [0.29, 0.717) is 23.8 Å². The topological polar surface area (TPSA) is 70.7 Å². The lowest BCUT2D eigenvalue weighted by molar-refractivity contribution is 0.0635. The number of hydrogen-bond acceptors (Lipinski definition) is 4. The number of nitrogens with one attached hydrogen (secondary N) is 2. The molecule has 1 saturated heterocycles. The highest BCUT2D eigenvalue weighted by molar-refractivity contribution is 5.95. The average molecular weight is 376 g/mol. The number of amides is 2. The van der Waals surface area contributed by atoms with Gasteiger partial charge >= 0.3 is 6.09 Å². The van der Waals surface area contributed by atoms with Crippen LogP contribution in [0, 0.1) is 0 Å². The van der Waals surface area contributed by atoms with Gasteiger partial charge in [0.25, 0.3) is 5.91 Å². The predicted molar refractivity (Wildman–Crippen MR) is 108 cm³/mol. The molecule has 1 aliphatic heterocycles. The number of piperidine rings is 1. The van der Waals surface area contributed by atoms with E-state index in [1.807, 2.05) is 20.8 Å². The molecule has 1 aromatic rings. The van der Waals surface area contributed by atoms with Gasteiger partial charge in [0.2, 0.25) is 0 Å². The Balaban J connectivity index is 1.72. The van der Waals surface area contributed by atoms with Crippen LogP contribution in [0.4, 0.5) is 10.5 Å². The highest BCUT2D eigenvalue weighted by Crippen LogP contribution is 2.16. The summed E-state index contributed by atoms with van der Waals surface area (Å²) in [6.45, 7) is 10.6. The number of carbonyl (C=O) groups is 2. The third-order valence-electron chi connectivity index (χ3n) is 4.64. The van der Waals surface area contributed by atoms with Crippen LogP contribution in [0.2, 0.25) is 0 Å². The summed E-state index contributed by atoms with van der Waals surface area (Å²) < 4.78 is 5.21. The van der Waals surface area contributed by atoms with Gasteiger partial charge in [-0.15, -0.1) is 0 Å². The van der Waals surface area contributed by atoms with Crippen LogP contribution in [0.25, 0.3) is 0 Å². The van der Waals surface area contributed by atoms with Gasteiger partial charge in [0.15, 0.2) is 0 Å². The van der Waals surface area contributed by atoms with Crippen molar-refractivity contribution in [3.05, 3.63) is 29.8 Å². The Morgan fingerprint density at radius 3 is 2.52 bits per heavy atom. The molecule has 0 spiro atoms. The molecule has 150 valence electrons. The Morgan fingerprint density at radius 1 is 1.19 bits per heavy atom. The Kier molecular flexibility index (Phi) is 7.66. The van der Waals surface area contributed by atoms with Crippen LogP contribution < -0.4 is 10.6 Å². The predicted octanol–water partition coefficient (Wildman–Crippen LogP) is 4.03. The average Bonchev–Trinajstić information content (AvgIpc) is 2.59. The molecule has 0 aliphatic carbocycles. The first kappa shape index (κ1) is 21.2. The van der Waals surface area contributed by atoms with Crippen LogP contribution in [0.5, 0.6) is 0 Å². The lowest BCUT2D eigenvalue weighted by atomic mass is 10.0. The fourth-order valence-corrected chi connectivity index (χ4v) is 3.20. The second kappa shape index (κ2) is 9.74. The third-order valence-corrected chi connectivity index (χ3v) is 4.64. The smallest absolute Gasteiger partial charge is 0.412 e. The molecule has 0 saturated carbocycles. The summed E-state index contributed by atoms with van der Waals surface area (Å²) >= 11 is 0. The molecule has 6 nitrogen and oxygen atoms in total. The third kappa shape index (κ3) is 7.59. The summed E-state index contributed by atoms with van der Waals surface area (Å²) in [5, 5.41) is 5.63. The molecule has 1 atom stereocenters. The van der Waals surface area contributed by atoms with E-state index in [-0.39, 0.29) is 5.91 Å². The summed E-state index contributed by atoms with van der Waals surface area (Å²) in [4.78, 5) is 26.5. The zero-order valence-electron chi connectivity index (χ0n) is 17.0. The molecule has 6 heteroatoms. The molecule has 2 N–H and O–H groups in total. The van der Waals surface area contributed by atoms with Gasteiger partial charge in [-0.05, 0) is 77.8 Å². The first-order valence-corrected chi connectivity index (χ1v) is 9.87. The fraction of sp³-hybridized carbons (Fsp3) is 0.619. The van der Waals surface area contributed by atoms with Gasteiger partial charge in [0, 0.05) is 30.4 Å². The van der Waals surface area contributed by atoms with E-state index < -0.39 is 11.7 Å². The van der Waals surface area contributed by atoms with Gasteiger partial charge in [-0.2, -0.15) is 0 Å². The summed E-state index contributed by atoms with van der Waals surface area (Å²) in [6, 6.07) is 7.46. The quantitative estimate of drug-likeness (QED) is 0.737. The van der Waals surface area contributed by atoms with Crippen molar-refractivity contribution in [2.24, 2.45) is 0 Å². The summed E-state index contributed by atoms with van der Waals surface area (Å²) in [5.74, 6) is -0.0921. The van der Waals surface area contributed by atoms with Gasteiger partial charge in [-0.25, -0.2) is 4.79 Å². The molecule has 2 rings (SSSR count). The number of rotatable bonds is 6. The van der Waals surface area contributed by atoms with E-state index in [0.717, 1.165) is 13.0 Å². The maximum Gasteiger partial charge on any atom is 0.412 e. The number of hydrogen-bond donors (Lipinski definition) is 2. The molecular formula is C21H33N3O3. The number of anilines is 1. The van der Waals surface area contributed by atoms with Crippen molar-refractivity contribution in [1.82, 2.24) is 10.2 Å². The van der Waals surface area contributed by atoms with E-state index in [2.05, 4.69) is 22.5 Å². The molecule has 1 aliphatic rings. The number of benzene rings is 1. The van der Waals surface area contributed by atoms with Crippen LogP contribution in [0.3, 0.4) is 0 Å². The van der Waals surface area contributed by atoms with E-state index in [4.69, 9.17) is 4.74 Å². The van der Waals surface area contributed by atoms with E-state index in [1.165, 1.54) is 25.8 Å². The molecule has 0 bridgehead atoms. The second-order valence-electron chi connectivity index (χ2n) is 8.19. The molecule has 1 aromatic carbocycles. The molecule has 0 radical (unpaired) electrons. The maximum atomic E-state index is 12.2. The SMILES string of the molecule is C[C@H]1CCCCN1CCCNC(=O)c1ccc(NC(=O)OC(C)(C)C)cc1. The van der Waals surface area contributed by atoms with E-state index >= 15 is 0 Å². The Bertz CT molecular complexity index is 623. The fourth-order valence-electron chi connectivity index (χ4n) is 3.20. The van der Waals surface area contributed by atoms with Gasteiger partial charge in [-0.3, -0.25) is 10.1 Å². The molecule has 27 heavy (non-hydrogen) atoms. The van der Waals surface area contributed by atoms with Crippen molar-refractivity contribution in [3.8, 4) is 0 Å². The zero-order valence-corrected chi connectivity index (χ0v) is 17.0. The highest BCUT2D eigenvalue weighted by atomic mass is 16.6. The lowest BCUT2D eigenvalue weighted by Gasteiger charge is -2.33. The number of ether oxygens (including phenoxy) is 1. The van der Waals surface area contributed by atoms with Crippen molar-refractivity contribution in [3.63, 3.8) is 0 Å². The van der Waals surface area contributed by atoms with Crippen molar-refractivity contribution in [2.45, 2.75) is 65.0 Å². The Labute approximate surface area is 162 Å². The molecular weight excluding hydrogens is 342 g/mol. The van der Waals surface area contributed by atoms with Gasteiger partial charge in [0.05, 0.1) is 0 Å². The van der Waals surface area contributed by atoms with Crippen LogP contribution in [-0.4, -0.2) is 48.2 Å². The minimum atomic E-state index is -0.546. The standard InChI is InChI=1S/C21H33N3O3/c1-16-8-5-6-14-24(16)15-7-13-22-19(25)17-9-11-18(12-10-17)23-20(26)27-21(2,3)4/h9-12,16H,5-8,13-15H2,1-4H3,(H,22,25)(H,23,26)/t16-/m0/s1. The van der Waals surface area contributed by atoms with Crippen LogP contribution >= 0.6 is 0 Å². The molecule has 0 unspecified atom stereocenters. The summed E-state index contributed by atoms with van der Waals surface area (Å²) in [6.07, 6.45) is 4.32. The lowest BCUT2D eigenvalue weighted by Crippen LogP contribution is -2.39. The Morgan fingerprint density at radius 2 is 1.89 bits per heavy atom. The zero-order chi connectivity index (χ0) is 19.9. The van der Waals surface area contributed by atoms with E-state index in [9.17, 15) is 9.59 Å². The highest BCUT2D eigenvalue weighted by Gasteiger charge is 2.18. The normalized spacial score (nSPS) is 18.0. The van der Waals surface area contributed by atoms with Crippen molar-refractivity contribution < 1.29 is 14.3 Å². The minimum Gasteiger partial charge on any atom is -0.444 e. The number of likely N-dealkylation sites (tertiary alicyclic amines) is 1. The number of carbonyl (C=O) groups excluding carboxylic acids is 2. The molecule has 1 heterocycles. The first-order valence-electron chi connectivity index (χ1n) is 9.87. The van der Waals surface area contributed by atoms with Crippen molar-refractivity contribution in [2.75, 3.05) is 25.0 Å². The second-order valence-corrected chi connectivity index (χ2v) is 8.19. The first-order chi connectivity index (χ1) is 12.7. The van der Waals surface area contributed by atoms with Gasteiger partial charge in [0.1, 0.15) is 5.60 Å². The Hall–Kier alpha value is -2.08. The van der Waals surface area contributed by atoms with Crippen LogP contribution in [0.15, 0.2) is 24.3 Å². The van der Waals surface area contributed by atoms with Crippen LogP contribution in [0.1, 0.15) is 63.7 Å². The summed E-state index contributed by atoms with van der Waals surface area (Å²) in [5.41, 5.74) is 0.631. The largest absolute Gasteiger partial charge is 0.444 e. The molecule has 1 fully saturated rings. The van der Waals surface area contributed by atoms with Gasteiger partial charge < -0.3 is 15.0 Å².